The maximum atomic E-state index is 12.8. The van der Waals surface area contributed by atoms with Crippen LogP contribution < -0.4 is 0 Å². The Hall–Kier alpha value is -3.40. The number of rotatable bonds is 4. The van der Waals surface area contributed by atoms with E-state index in [0.717, 1.165) is 16.9 Å². The van der Waals surface area contributed by atoms with Crippen molar-refractivity contribution in [2.75, 3.05) is 7.05 Å². The lowest BCUT2D eigenvalue weighted by Crippen LogP contribution is -2.26. The first-order valence-electron chi connectivity index (χ1n) is 8.96. The molecule has 0 fully saturated rings. The van der Waals surface area contributed by atoms with Gasteiger partial charge in [-0.15, -0.1) is 0 Å². The van der Waals surface area contributed by atoms with Crippen LogP contribution in [0.4, 0.5) is 0 Å². The highest BCUT2D eigenvalue weighted by Crippen LogP contribution is 2.20. The summed E-state index contributed by atoms with van der Waals surface area (Å²) in [5.74, 6) is -0.0785. The van der Waals surface area contributed by atoms with E-state index in [0.29, 0.717) is 12.2 Å². The molecule has 4 heteroatoms. The molecule has 4 nitrogen and oxygen atoms in total. The predicted octanol–water partition coefficient (Wildman–Crippen LogP) is 4.58. The van der Waals surface area contributed by atoms with Gasteiger partial charge < -0.3 is 9.30 Å². The van der Waals surface area contributed by atoms with Gasteiger partial charge >= 0.3 is 0 Å². The number of hydrogen-bond acceptors (Lipinski definition) is 2. The standard InChI is InChI=1S/C23H21N3O/c1-17-7-6-10-22-24-21(16-26(17)22)23(27)25(2)15-18-11-13-20(14-12-18)19-8-4-3-5-9-19/h3-14,16H,15H2,1-2H3. The molecule has 0 aliphatic heterocycles. The first-order chi connectivity index (χ1) is 13.1. The zero-order valence-corrected chi connectivity index (χ0v) is 15.5. The molecular formula is C23H21N3O. The Labute approximate surface area is 158 Å². The third-order valence-electron chi connectivity index (χ3n) is 4.74. The van der Waals surface area contributed by atoms with Crippen LogP contribution in [-0.2, 0) is 6.54 Å². The first-order valence-corrected chi connectivity index (χ1v) is 8.96. The van der Waals surface area contributed by atoms with Gasteiger partial charge in [-0.25, -0.2) is 4.98 Å². The molecule has 0 saturated carbocycles. The minimum Gasteiger partial charge on any atom is -0.336 e. The van der Waals surface area contributed by atoms with Crippen molar-refractivity contribution in [3.05, 3.63) is 95.9 Å². The van der Waals surface area contributed by atoms with Crippen LogP contribution in [0.15, 0.2) is 79.0 Å². The molecular weight excluding hydrogens is 334 g/mol. The fourth-order valence-electron chi connectivity index (χ4n) is 3.23. The number of aromatic nitrogens is 2. The van der Waals surface area contributed by atoms with Crippen LogP contribution in [0.1, 0.15) is 21.7 Å². The van der Waals surface area contributed by atoms with E-state index in [-0.39, 0.29) is 5.91 Å². The molecule has 4 rings (SSSR count). The molecule has 0 bridgehead atoms. The fourth-order valence-corrected chi connectivity index (χ4v) is 3.23. The van der Waals surface area contributed by atoms with Gasteiger partial charge in [0.05, 0.1) is 0 Å². The Morgan fingerprint density at radius 3 is 2.33 bits per heavy atom. The Morgan fingerprint density at radius 2 is 1.63 bits per heavy atom. The molecule has 0 atom stereocenters. The number of hydrogen-bond donors (Lipinski definition) is 0. The predicted molar refractivity (Wildman–Crippen MR) is 108 cm³/mol. The van der Waals surface area contributed by atoms with Gasteiger partial charge in [-0.3, -0.25) is 4.79 Å². The lowest BCUT2D eigenvalue weighted by molar-refractivity contribution is 0.0780. The van der Waals surface area contributed by atoms with E-state index in [1.807, 2.05) is 61.0 Å². The lowest BCUT2D eigenvalue weighted by Gasteiger charge is -2.16. The largest absolute Gasteiger partial charge is 0.336 e. The second-order valence-corrected chi connectivity index (χ2v) is 6.75. The molecule has 2 aromatic carbocycles. The summed E-state index contributed by atoms with van der Waals surface area (Å²) in [4.78, 5) is 18.9. The summed E-state index contributed by atoms with van der Waals surface area (Å²) < 4.78 is 1.94. The van der Waals surface area contributed by atoms with Crippen LogP contribution in [0.25, 0.3) is 16.8 Å². The maximum Gasteiger partial charge on any atom is 0.274 e. The van der Waals surface area contributed by atoms with Gasteiger partial charge in [0.1, 0.15) is 11.3 Å². The SMILES string of the molecule is Cc1cccc2nc(C(=O)N(C)Cc3ccc(-c4ccccc4)cc3)cn12. The Bertz CT molecular complexity index is 1080. The van der Waals surface area contributed by atoms with Crippen molar-refractivity contribution in [2.24, 2.45) is 0 Å². The van der Waals surface area contributed by atoms with Crippen LogP contribution in [0.5, 0.6) is 0 Å². The molecule has 0 radical (unpaired) electrons. The number of amides is 1. The second-order valence-electron chi connectivity index (χ2n) is 6.75. The van der Waals surface area contributed by atoms with Crippen LogP contribution in [0.2, 0.25) is 0 Å². The molecule has 0 unspecified atom stereocenters. The van der Waals surface area contributed by atoms with Gasteiger partial charge in [-0.05, 0) is 35.7 Å². The van der Waals surface area contributed by atoms with Gasteiger partial charge in [0, 0.05) is 25.5 Å². The number of benzene rings is 2. The molecule has 1 amide bonds. The van der Waals surface area contributed by atoms with Crippen molar-refractivity contribution in [2.45, 2.75) is 13.5 Å². The number of pyridine rings is 1. The van der Waals surface area contributed by atoms with E-state index in [1.165, 1.54) is 11.1 Å². The average Bonchev–Trinajstić information content (AvgIpc) is 3.14. The van der Waals surface area contributed by atoms with Crippen LogP contribution in [0, 0.1) is 6.92 Å². The third-order valence-corrected chi connectivity index (χ3v) is 4.74. The van der Waals surface area contributed by atoms with Crippen molar-refractivity contribution in [1.29, 1.82) is 0 Å². The molecule has 0 N–H and O–H groups in total. The fraction of sp³-hybridized carbons (Fsp3) is 0.130. The van der Waals surface area contributed by atoms with Gasteiger partial charge in [-0.2, -0.15) is 0 Å². The van der Waals surface area contributed by atoms with Gasteiger partial charge in [0.25, 0.3) is 5.91 Å². The van der Waals surface area contributed by atoms with E-state index in [2.05, 4.69) is 41.4 Å². The van der Waals surface area contributed by atoms with Crippen molar-refractivity contribution >= 4 is 11.6 Å². The molecule has 2 heterocycles. The summed E-state index contributed by atoms with van der Waals surface area (Å²) in [6.07, 6.45) is 1.81. The van der Waals surface area contributed by atoms with Gasteiger partial charge in [0.2, 0.25) is 0 Å². The molecule has 0 spiro atoms. The number of fused-ring (bicyclic) bond motifs is 1. The van der Waals surface area contributed by atoms with Crippen LogP contribution in [-0.4, -0.2) is 27.2 Å². The van der Waals surface area contributed by atoms with E-state index >= 15 is 0 Å². The highest BCUT2D eigenvalue weighted by atomic mass is 16.2. The summed E-state index contributed by atoms with van der Waals surface area (Å²) in [5, 5.41) is 0. The number of carbonyl (C=O) groups is 1. The zero-order chi connectivity index (χ0) is 18.8. The maximum absolute atomic E-state index is 12.8. The Morgan fingerprint density at radius 1 is 0.926 bits per heavy atom. The smallest absolute Gasteiger partial charge is 0.274 e. The summed E-state index contributed by atoms with van der Waals surface area (Å²) in [7, 11) is 1.81. The van der Waals surface area contributed by atoms with E-state index in [4.69, 9.17) is 0 Å². The normalized spacial score (nSPS) is 10.9. The summed E-state index contributed by atoms with van der Waals surface area (Å²) >= 11 is 0. The van der Waals surface area contributed by atoms with Crippen molar-refractivity contribution in [3.63, 3.8) is 0 Å². The molecule has 0 aliphatic rings. The highest BCUT2D eigenvalue weighted by Gasteiger charge is 2.16. The van der Waals surface area contributed by atoms with Crippen LogP contribution in [0.3, 0.4) is 0 Å². The number of nitrogens with zero attached hydrogens (tertiary/aromatic N) is 3. The third kappa shape index (κ3) is 3.47. The van der Waals surface area contributed by atoms with E-state index in [1.54, 1.807) is 4.90 Å². The minimum absolute atomic E-state index is 0.0785. The number of carbonyl (C=O) groups excluding carboxylic acids is 1. The molecule has 0 aliphatic carbocycles. The highest BCUT2D eigenvalue weighted by molar-refractivity contribution is 5.92. The summed E-state index contributed by atoms with van der Waals surface area (Å²) in [5.41, 5.74) is 5.76. The van der Waals surface area contributed by atoms with Crippen molar-refractivity contribution in [1.82, 2.24) is 14.3 Å². The molecule has 2 aromatic heterocycles. The molecule has 27 heavy (non-hydrogen) atoms. The monoisotopic (exact) mass is 355 g/mol. The summed E-state index contributed by atoms with van der Waals surface area (Å²) in [6, 6.07) is 24.5. The number of aryl methyl sites for hydroxylation is 1. The average molecular weight is 355 g/mol. The zero-order valence-electron chi connectivity index (χ0n) is 15.5. The van der Waals surface area contributed by atoms with E-state index in [9.17, 15) is 4.79 Å². The Balaban J connectivity index is 1.50. The topological polar surface area (TPSA) is 37.6 Å². The van der Waals surface area contributed by atoms with Gasteiger partial charge in [0.15, 0.2) is 0 Å². The second kappa shape index (κ2) is 7.08. The van der Waals surface area contributed by atoms with Crippen molar-refractivity contribution in [3.8, 4) is 11.1 Å². The Kier molecular flexibility index (Phi) is 4.47. The minimum atomic E-state index is -0.0785. The quantitative estimate of drug-likeness (QED) is 0.537. The van der Waals surface area contributed by atoms with Crippen molar-refractivity contribution < 1.29 is 4.79 Å². The lowest BCUT2D eigenvalue weighted by atomic mass is 10.0. The number of imidazole rings is 1. The summed E-state index contributed by atoms with van der Waals surface area (Å²) in [6.45, 7) is 2.54. The first kappa shape index (κ1) is 17.0. The molecule has 0 saturated heterocycles. The van der Waals surface area contributed by atoms with E-state index < -0.39 is 0 Å². The van der Waals surface area contributed by atoms with Crippen LogP contribution >= 0.6 is 0 Å². The molecule has 4 aromatic rings. The molecule has 134 valence electrons. The van der Waals surface area contributed by atoms with Gasteiger partial charge in [-0.1, -0.05) is 60.7 Å².